The highest BCUT2D eigenvalue weighted by Crippen LogP contribution is 2.39. The van der Waals surface area contributed by atoms with Crippen LogP contribution in [0.15, 0.2) is 62.6 Å². The molecule has 38 heavy (non-hydrogen) atoms. The molecule has 0 fully saturated rings. The summed E-state index contributed by atoms with van der Waals surface area (Å²) in [6.45, 7) is 4.06. The van der Waals surface area contributed by atoms with Crippen molar-refractivity contribution in [3.05, 3.63) is 87.0 Å². The number of benzene rings is 2. The number of sulfonamides is 1. The molecule has 1 aliphatic rings. The lowest BCUT2D eigenvalue weighted by atomic mass is 9.83. The number of nitrogens with two attached hydrogens (primary N) is 1. The lowest BCUT2D eigenvalue weighted by Crippen LogP contribution is -2.19. The fourth-order valence-corrected chi connectivity index (χ4v) is 6.10. The van der Waals surface area contributed by atoms with Crippen molar-refractivity contribution in [2.24, 2.45) is 11.7 Å². The molecule has 0 saturated heterocycles. The summed E-state index contributed by atoms with van der Waals surface area (Å²) in [7, 11) is -3.95. The summed E-state index contributed by atoms with van der Waals surface area (Å²) in [6.07, 6.45) is 5.81. The quantitative estimate of drug-likeness (QED) is 0.365. The van der Waals surface area contributed by atoms with E-state index in [1.807, 2.05) is 19.9 Å². The normalized spacial score (nSPS) is 14.8. The molecule has 1 unspecified atom stereocenters. The van der Waals surface area contributed by atoms with Gasteiger partial charge in [-0.25, -0.2) is 13.2 Å². The van der Waals surface area contributed by atoms with E-state index >= 15 is 0 Å². The zero-order valence-corrected chi connectivity index (χ0v) is 22.5. The summed E-state index contributed by atoms with van der Waals surface area (Å²) >= 11 is 0. The van der Waals surface area contributed by atoms with Crippen molar-refractivity contribution in [3.8, 4) is 5.75 Å². The number of primary amides is 1. The Labute approximate surface area is 222 Å². The number of aryl methyl sites for hydroxylation is 1. The predicted molar refractivity (Wildman–Crippen MR) is 146 cm³/mol. The molecule has 2 aromatic carbocycles. The van der Waals surface area contributed by atoms with Crippen molar-refractivity contribution in [1.29, 1.82) is 0 Å². The zero-order chi connectivity index (χ0) is 27.4. The number of nitrogens with one attached hydrogen (secondary N) is 1. The zero-order valence-electron chi connectivity index (χ0n) is 21.7. The Balaban J connectivity index is 1.71. The third kappa shape index (κ3) is 6.10. The Hall–Kier alpha value is -3.59. The topological polar surface area (TPSA) is 140 Å². The van der Waals surface area contributed by atoms with E-state index in [2.05, 4.69) is 4.72 Å². The number of carbonyl (C=O) groups excluding carboxylic acids is 1. The fourth-order valence-electron chi connectivity index (χ4n) is 5.05. The van der Waals surface area contributed by atoms with Crippen molar-refractivity contribution >= 4 is 21.6 Å². The number of fused-ring (bicyclic) bond motifs is 1. The third-order valence-corrected chi connectivity index (χ3v) is 8.34. The van der Waals surface area contributed by atoms with Crippen LogP contribution >= 0.6 is 0 Å². The second kappa shape index (κ2) is 11.4. The lowest BCUT2D eigenvalue weighted by Gasteiger charge is -2.23. The molecule has 0 radical (unpaired) electrons. The largest absolute Gasteiger partial charge is 0.507 e. The minimum absolute atomic E-state index is 0.00400. The average molecular weight is 539 g/mol. The lowest BCUT2D eigenvalue weighted by molar-refractivity contribution is 0.1000. The maximum absolute atomic E-state index is 13.2. The molecule has 0 spiro atoms. The molecular weight excluding hydrogens is 504 g/mol. The molecule has 0 saturated carbocycles. The standard InChI is InChI=1S/C29H34N2O6S/c1-18(2)16-24(26-27(32)23-10-5-3-4-6-11-25(23)37-29(26)34)20-8-7-9-21(17-20)31-38(35,36)22-14-12-19(13-15-22)28(30)33/h7-9,12-15,17-18,24,31-32H,3-6,10-11,16H2,1-2H3,(H2,30,33). The Morgan fingerprint density at radius 2 is 1.74 bits per heavy atom. The molecule has 9 heteroatoms. The molecule has 3 aromatic rings. The SMILES string of the molecule is CC(C)CC(c1cccc(NS(=O)(=O)c2ccc(C(N)=O)cc2)c1)c1c(O)c2c(oc1=O)CCCCCC2. The van der Waals surface area contributed by atoms with Gasteiger partial charge in [-0.15, -0.1) is 0 Å². The monoisotopic (exact) mass is 538 g/mol. The molecule has 4 rings (SSSR count). The second-order valence-corrected chi connectivity index (χ2v) is 12.0. The number of hydrogen-bond acceptors (Lipinski definition) is 6. The number of amides is 1. The Kier molecular flexibility index (Phi) is 8.26. The van der Waals surface area contributed by atoms with Gasteiger partial charge in [0, 0.05) is 29.2 Å². The van der Waals surface area contributed by atoms with E-state index in [-0.39, 0.29) is 27.7 Å². The molecule has 1 atom stereocenters. The van der Waals surface area contributed by atoms with Crippen LogP contribution in [0.1, 0.15) is 84.7 Å². The smallest absolute Gasteiger partial charge is 0.343 e. The van der Waals surface area contributed by atoms with Gasteiger partial charge in [0.2, 0.25) is 5.91 Å². The molecule has 4 N–H and O–H groups in total. The van der Waals surface area contributed by atoms with E-state index in [0.29, 0.717) is 41.8 Å². The maximum atomic E-state index is 13.2. The Morgan fingerprint density at radius 3 is 2.39 bits per heavy atom. The summed E-state index contributed by atoms with van der Waals surface area (Å²) in [4.78, 5) is 24.5. The second-order valence-electron chi connectivity index (χ2n) is 10.3. The first-order valence-corrected chi connectivity index (χ1v) is 14.5. The Morgan fingerprint density at radius 1 is 1.05 bits per heavy atom. The van der Waals surface area contributed by atoms with Crippen molar-refractivity contribution in [2.45, 2.75) is 69.6 Å². The number of aromatic hydroxyl groups is 1. The van der Waals surface area contributed by atoms with Gasteiger partial charge in [0.05, 0.1) is 10.5 Å². The van der Waals surface area contributed by atoms with Crippen LogP contribution in [0.5, 0.6) is 5.75 Å². The van der Waals surface area contributed by atoms with Gasteiger partial charge in [-0.05, 0) is 73.6 Å². The van der Waals surface area contributed by atoms with Crippen molar-refractivity contribution in [1.82, 2.24) is 0 Å². The predicted octanol–water partition coefficient (Wildman–Crippen LogP) is 5.08. The van der Waals surface area contributed by atoms with Crippen molar-refractivity contribution in [2.75, 3.05) is 4.72 Å². The number of rotatable bonds is 8. The van der Waals surface area contributed by atoms with Gasteiger partial charge in [-0.3, -0.25) is 9.52 Å². The molecule has 1 aromatic heterocycles. The summed E-state index contributed by atoms with van der Waals surface area (Å²) < 4.78 is 34.4. The van der Waals surface area contributed by atoms with E-state index in [4.69, 9.17) is 10.2 Å². The van der Waals surface area contributed by atoms with Crippen LogP contribution in [-0.2, 0) is 22.9 Å². The summed E-state index contributed by atoms with van der Waals surface area (Å²) in [5, 5.41) is 11.3. The first kappa shape index (κ1) is 27.4. The molecule has 1 aliphatic carbocycles. The van der Waals surface area contributed by atoms with E-state index in [1.165, 1.54) is 24.3 Å². The van der Waals surface area contributed by atoms with Crippen LogP contribution in [0.25, 0.3) is 0 Å². The van der Waals surface area contributed by atoms with E-state index in [0.717, 1.165) is 25.7 Å². The minimum Gasteiger partial charge on any atom is -0.507 e. The van der Waals surface area contributed by atoms with Crippen molar-refractivity contribution in [3.63, 3.8) is 0 Å². The van der Waals surface area contributed by atoms with Gasteiger partial charge < -0.3 is 15.3 Å². The Bertz CT molecular complexity index is 1480. The van der Waals surface area contributed by atoms with E-state index < -0.39 is 27.5 Å². The molecule has 8 nitrogen and oxygen atoms in total. The fraction of sp³-hybridized carbons (Fsp3) is 0.379. The van der Waals surface area contributed by atoms with Crippen LogP contribution in [0.2, 0.25) is 0 Å². The number of hydrogen-bond donors (Lipinski definition) is 3. The van der Waals surface area contributed by atoms with Crippen LogP contribution in [0, 0.1) is 5.92 Å². The van der Waals surface area contributed by atoms with Crippen LogP contribution in [0.4, 0.5) is 5.69 Å². The summed E-state index contributed by atoms with van der Waals surface area (Å²) in [6, 6.07) is 12.2. The first-order chi connectivity index (χ1) is 18.1. The van der Waals surface area contributed by atoms with Gasteiger partial charge in [0.25, 0.3) is 10.0 Å². The summed E-state index contributed by atoms with van der Waals surface area (Å²) in [5.74, 6) is -0.370. The maximum Gasteiger partial charge on any atom is 0.343 e. The van der Waals surface area contributed by atoms with E-state index in [9.17, 15) is 23.1 Å². The number of anilines is 1. The first-order valence-electron chi connectivity index (χ1n) is 13.0. The van der Waals surface area contributed by atoms with Gasteiger partial charge in [-0.2, -0.15) is 0 Å². The average Bonchev–Trinajstić information content (AvgIpc) is 2.84. The molecule has 202 valence electrons. The minimum atomic E-state index is -3.95. The highest BCUT2D eigenvalue weighted by atomic mass is 32.2. The van der Waals surface area contributed by atoms with Gasteiger partial charge >= 0.3 is 5.63 Å². The van der Waals surface area contributed by atoms with Crippen LogP contribution < -0.4 is 16.1 Å². The van der Waals surface area contributed by atoms with Gasteiger partial charge in [0.15, 0.2) is 0 Å². The van der Waals surface area contributed by atoms with Gasteiger partial charge in [-0.1, -0.05) is 38.8 Å². The molecule has 0 aliphatic heterocycles. The molecule has 1 amide bonds. The highest BCUT2D eigenvalue weighted by molar-refractivity contribution is 7.92. The summed E-state index contributed by atoms with van der Waals surface area (Å²) in [5.41, 5.74) is 6.84. The molecule has 0 bridgehead atoms. The molecular formula is C29H34N2O6S. The molecule has 1 heterocycles. The van der Waals surface area contributed by atoms with Crippen LogP contribution in [-0.4, -0.2) is 19.4 Å². The highest BCUT2D eigenvalue weighted by Gasteiger charge is 2.28. The number of carbonyl (C=O) groups is 1. The third-order valence-electron chi connectivity index (χ3n) is 6.94. The van der Waals surface area contributed by atoms with E-state index in [1.54, 1.807) is 18.2 Å². The van der Waals surface area contributed by atoms with Crippen molar-refractivity contribution < 1.29 is 22.7 Å². The van der Waals surface area contributed by atoms with Gasteiger partial charge in [0.1, 0.15) is 11.5 Å². The van der Waals surface area contributed by atoms with Crippen LogP contribution in [0.3, 0.4) is 0 Å².